The lowest BCUT2D eigenvalue weighted by molar-refractivity contribution is -0.144. The molecule has 0 aliphatic carbocycles. The summed E-state index contributed by atoms with van der Waals surface area (Å²) < 4.78 is 43.6. The lowest BCUT2D eigenvalue weighted by atomic mass is 10.2. The fourth-order valence-corrected chi connectivity index (χ4v) is 19.2. The Morgan fingerprint density at radius 2 is 0.439 bits per heavy atom. The Hall–Kier alpha value is -9.62. The third-order valence-corrected chi connectivity index (χ3v) is 25.3. The first-order valence-corrected chi connectivity index (χ1v) is 38.9. The number of carbonyl (C=O) groups excluding carboxylic acids is 4. The predicted molar refractivity (Wildman–Crippen MR) is 398 cm³/mol. The molecule has 502 valence electrons. The zero-order valence-electron chi connectivity index (χ0n) is 55.8. The van der Waals surface area contributed by atoms with Gasteiger partial charge in [-0.25, -0.2) is 0 Å². The predicted octanol–water partition coefficient (Wildman–Crippen LogP) is 13.7. The van der Waals surface area contributed by atoms with Crippen molar-refractivity contribution in [1.82, 2.24) is 0 Å². The topological polar surface area (TPSA) is 142 Å². The highest BCUT2D eigenvalue weighted by atomic mass is 32.4. The molecule has 98 heavy (non-hydrogen) atoms. The van der Waals surface area contributed by atoms with Crippen molar-refractivity contribution in [2.75, 3.05) is 65.2 Å². The molecule has 0 N–H and O–H groups in total. The monoisotopic (exact) mass is 1380 g/mol. The van der Waals surface area contributed by atoms with Crippen LogP contribution in [-0.4, -0.2) is 89.1 Å². The summed E-state index contributed by atoms with van der Waals surface area (Å²) in [4.78, 5) is 47.0. The highest BCUT2D eigenvalue weighted by molar-refractivity contribution is 8.24. The second-order valence-corrected chi connectivity index (χ2v) is 31.9. The normalized spacial score (nSPS) is 10.7. The van der Waals surface area contributed by atoms with E-state index in [9.17, 15) is 19.2 Å². The first-order chi connectivity index (χ1) is 47.7. The van der Waals surface area contributed by atoms with Crippen LogP contribution in [0, 0.1) is 47.4 Å². The van der Waals surface area contributed by atoms with Gasteiger partial charge in [0.2, 0.25) is 0 Å². The van der Waals surface area contributed by atoms with Crippen LogP contribution in [0.1, 0.15) is 124 Å². The number of esters is 4. The average Bonchev–Trinajstić information content (AvgIpc) is 0.771. The minimum Gasteiger partial charge on any atom is -0.494 e. The molecule has 0 atom stereocenters. The van der Waals surface area contributed by atoms with E-state index in [1.165, 1.54) is 0 Å². The minimum atomic E-state index is -2.64. The maximum atomic E-state index is 11.8. The number of hydrogen-bond donors (Lipinski definition) is 0. The molecule has 0 heterocycles. The van der Waals surface area contributed by atoms with Crippen molar-refractivity contribution in [3.63, 3.8) is 0 Å². The number of hydrogen-bond acceptors (Lipinski definition) is 14. The van der Waals surface area contributed by atoms with E-state index < -0.39 is 12.1 Å². The molecule has 12 nitrogen and oxygen atoms in total. The second kappa shape index (κ2) is 39.6. The van der Waals surface area contributed by atoms with Crippen LogP contribution in [0.4, 0.5) is 0 Å². The second-order valence-electron chi connectivity index (χ2n) is 22.2. The van der Waals surface area contributed by atoms with Gasteiger partial charge in [-0.05, 0) is 233 Å². The van der Waals surface area contributed by atoms with Crippen molar-refractivity contribution in [3.05, 3.63) is 239 Å². The number of ether oxygens (including phenoxy) is 8. The van der Waals surface area contributed by atoms with Gasteiger partial charge < -0.3 is 37.9 Å². The maximum absolute atomic E-state index is 11.8. The van der Waals surface area contributed by atoms with Gasteiger partial charge >= 0.3 is 23.9 Å². The van der Waals surface area contributed by atoms with Gasteiger partial charge in [0.25, 0.3) is 0 Å². The SMILES string of the molecule is CCOC(=O)CCCOc1ccc(C#Cc2ccc(P(=S)(CCP(=S)(c3ccc(C#Cc4ccc(OCCCC(=O)OCC)cc4)cc3)c3ccc(C#Cc4ccc(OCCCC(=O)OCC)cc4)cc3)c3ccc(C#Cc4ccc(OCCCC(=O)OCC)cc4)cc3)cc2)cc1. The van der Waals surface area contributed by atoms with Gasteiger partial charge in [0.15, 0.2) is 0 Å². The molecule has 0 spiro atoms. The molecule has 0 fully saturated rings. The summed E-state index contributed by atoms with van der Waals surface area (Å²) in [6, 6.07) is 58.4. The summed E-state index contributed by atoms with van der Waals surface area (Å²) in [6.45, 7) is 10.2. The van der Waals surface area contributed by atoms with Crippen molar-refractivity contribution >= 4 is 80.8 Å². The van der Waals surface area contributed by atoms with Gasteiger partial charge in [-0.15, -0.1) is 0 Å². The molecule has 8 rings (SSSR count). The molecule has 0 bridgehead atoms. The summed E-state index contributed by atoms with van der Waals surface area (Å²) in [6.07, 6.45) is 4.69. The summed E-state index contributed by atoms with van der Waals surface area (Å²) in [5.74, 6) is 28.4. The van der Waals surface area contributed by atoms with E-state index in [1.807, 2.05) is 146 Å². The Morgan fingerprint density at radius 1 is 0.276 bits per heavy atom. The van der Waals surface area contributed by atoms with E-state index in [0.29, 0.717) is 140 Å². The number of rotatable bonds is 31. The molecule has 0 radical (unpaired) electrons. The lowest BCUT2D eigenvalue weighted by Gasteiger charge is -2.29. The van der Waals surface area contributed by atoms with Crippen LogP contribution < -0.4 is 40.2 Å². The molecule has 0 unspecified atom stereocenters. The van der Waals surface area contributed by atoms with Crippen LogP contribution in [0.2, 0.25) is 0 Å². The van der Waals surface area contributed by atoms with Gasteiger partial charge in [-0.1, -0.05) is 120 Å². The van der Waals surface area contributed by atoms with Crippen LogP contribution in [0.25, 0.3) is 0 Å². The summed E-state index contributed by atoms with van der Waals surface area (Å²) in [7, 11) is 0. The Bertz CT molecular complexity index is 3730. The number of carbonyl (C=O) groups is 4. The van der Waals surface area contributed by atoms with Crippen LogP contribution in [-0.2, 0) is 61.7 Å². The van der Waals surface area contributed by atoms with E-state index in [2.05, 4.69) is 95.9 Å². The summed E-state index contributed by atoms with van der Waals surface area (Å²) in [5.41, 5.74) is 6.65. The van der Waals surface area contributed by atoms with Gasteiger partial charge in [0, 0.05) is 82.3 Å². The van der Waals surface area contributed by atoms with Crippen LogP contribution in [0.15, 0.2) is 194 Å². The van der Waals surface area contributed by atoms with Crippen LogP contribution in [0.3, 0.4) is 0 Å². The van der Waals surface area contributed by atoms with Crippen molar-refractivity contribution in [2.45, 2.75) is 79.1 Å². The molecule has 0 amide bonds. The van der Waals surface area contributed by atoms with Crippen molar-refractivity contribution in [1.29, 1.82) is 0 Å². The molecular weight excluding hydrogens is 1300 g/mol. The van der Waals surface area contributed by atoms with E-state index in [1.54, 1.807) is 27.7 Å². The minimum absolute atomic E-state index is 0.230. The first kappa shape index (κ1) is 74.2. The summed E-state index contributed by atoms with van der Waals surface area (Å²) >= 11 is 14.2. The standard InChI is InChI=1S/C82H80O12P2S2/c1-5-87-79(83)13-9-57-91-71-41-25-63(26-42-71)17-21-67-33-49-75(50-34-67)95(97,76-51-35-68(36-52-76)22-18-64-27-43-72(44-28-64)92-58-10-14-80(84)88-6-2)61-62-96(98,77-53-37-69(38-54-77)23-19-65-29-45-73(46-30-65)93-59-11-15-81(85)89-7-3)78-55-39-70(40-56-78)24-20-66-31-47-74(48-32-66)94-60-12-16-82(86)90-8-4/h25-56H,5-16,57-62H2,1-4H3. The molecule has 0 aromatic heterocycles. The van der Waals surface area contributed by atoms with Crippen LogP contribution in [0.5, 0.6) is 23.0 Å². The molecule has 0 saturated heterocycles. The molecule has 0 aliphatic heterocycles. The maximum Gasteiger partial charge on any atom is 0.305 e. The Morgan fingerprint density at radius 3 is 0.602 bits per heavy atom. The third kappa shape index (κ3) is 24.2. The largest absolute Gasteiger partial charge is 0.494 e. The van der Waals surface area contributed by atoms with Gasteiger partial charge in [-0.2, -0.15) is 0 Å². The van der Waals surface area contributed by atoms with Gasteiger partial charge in [0.05, 0.1) is 52.9 Å². The molecule has 8 aromatic carbocycles. The highest BCUT2D eigenvalue weighted by Crippen LogP contribution is 2.51. The fourth-order valence-electron chi connectivity index (χ4n) is 9.91. The van der Waals surface area contributed by atoms with Crippen molar-refractivity contribution in [3.8, 4) is 70.4 Å². The molecule has 0 saturated carbocycles. The zero-order chi connectivity index (χ0) is 69.2. The molecular formula is C82H80O12P2S2. The molecule has 8 aromatic rings. The summed E-state index contributed by atoms with van der Waals surface area (Å²) in [5, 5.41) is 4.13. The quantitative estimate of drug-likeness (QED) is 0.0134. The fraction of sp³-hybridized carbons (Fsp3) is 0.268. The van der Waals surface area contributed by atoms with E-state index >= 15 is 0 Å². The Kier molecular flexibility index (Phi) is 29.9. The first-order valence-electron chi connectivity index (χ1n) is 33.0. The van der Waals surface area contributed by atoms with Gasteiger partial charge in [0.1, 0.15) is 23.0 Å². The van der Waals surface area contributed by atoms with Crippen molar-refractivity contribution < 1.29 is 57.1 Å². The smallest absolute Gasteiger partial charge is 0.305 e. The van der Waals surface area contributed by atoms with Crippen LogP contribution >= 0.6 is 12.1 Å². The lowest BCUT2D eigenvalue weighted by Crippen LogP contribution is -2.24. The number of benzene rings is 8. The highest BCUT2D eigenvalue weighted by Gasteiger charge is 2.29. The van der Waals surface area contributed by atoms with E-state index in [0.717, 1.165) is 65.7 Å². The van der Waals surface area contributed by atoms with E-state index in [4.69, 9.17) is 61.5 Å². The van der Waals surface area contributed by atoms with Gasteiger partial charge in [-0.3, -0.25) is 19.2 Å². The average molecular weight is 1380 g/mol. The Labute approximate surface area is 587 Å². The molecule has 16 heteroatoms. The van der Waals surface area contributed by atoms with Crippen molar-refractivity contribution in [2.24, 2.45) is 0 Å². The Balaban J connectivity index is 1.06. The van der Waals surface area contributed by atoms with E-state index in [-0.39, 0.29) is 23.9 Å². The zero-order valence-corrected chi connectivity index (χ0v) is 59.2. The molecule has 0 aliphatic rings. The third-order valence-electron chi connectivity index (χ3n) is 15.1.